The lowest BCUT2D eigenvalue weighted by Crippen LogP contribution is -2.45. The van der Waals surface area contributed by atoms with Gasteiger partial charge < -0.3 is 9.64 Å². The van der Waals surface area contributed by atoms with Crippen LogP contribution in [0.15, 0.2) is 67.2 Å². The van der Waals surface area contributed by atoms with Crippen LogP contribution in [0.25, 0.3) is 5.70 Å². The molecule has 1 aliphatic heterocycles. The monoisotopic (exact) mass is 293 g/mol. The average Bonchev–Trinajstić information content (AvgIpc) is 2.55. The number of carbonyl (C=O) groups is 1. The molecule has 0 aliphatic carbocycles. The van der Waals surface area contributed by atoms with Crippen LogP contribution in [0.2, 0.25) is 0 Å². The zero-order valence-corrected chi connectivity index (χ0v) is 12.4. The number of morpholine rings is 1. The Morgan fingerprint density at radius 3 is 2.41 bits per heavy atom. The number of hydrogen-bond acceptors (Lipinski definition) is 3. The smallest absolute Gasteiger partial charge is 0.325 e. The van der Waals surface area contributed by atoms with E-state index in [2.05, 4.69) is 18.7 Å². The van der Waals surface area contributed by atoms with Crippen molar-refractivity contribution in [3.63, 3.8) is 0 Å². The van der Waals surface area contributed by atoms with Crippen LogP contribution in [0.4, 0.5) is 0 Å². The summed E-state index contributed by atoms with van der Waals surface area (Å²) in [5, 5.41) is 0. The molecule has 3 rings (SSSR count). The summed E-state index contributed by atoms with van der Waals surface area (Å²) in [5.41, 5.74) is 3.08. The van der Waals surface area contributed by atoms with Crippen LogP contribution in [0.5, 0.6) is 0 Å². The summed E-state index contributed by atoms with van der Waals surface area (Å²) in [7, 11) is 0. The van der Waals surface area contributed by atoms with Crippen molar-refractivity contribution < 1.29 is 9.53 Å². The summed E-state index contributed by atoms with van der Waals surface area (Å²) in [6.45, 7) is 5.08. The van der Waals surface area contributed by atoms with Crippen LogP contribution in [0.1, 0.15) is 11.1 Å². The Morgan fingerprint density at radius 2 is 1.73 bits per heavy atom. The predicted octanol–water partition coefficient (Wildman–Crippen LogP) is 3.13. The third kappa shape index (κ3) is 3.37. The molecule has 3 heteroatoms. The normalized spacial score (nSPS) is 17.9. The Labute approximate surface area is 130 Å². The molecular formula is C19H19NO2. The van der Waals surface area contributed by atoms with Crippen LogP contribution < -0.4 is 0 Å². The summed E-state index contributed by atoms with van der Waals surface area (Å²) in [5.74, 6) is -0.190. The van der Waals surface area contributed by atoms with E-state index in [-0.39, 0.29) is 18.6 Å². The lowest BCUT2D eigenvalue weighted by Gasteiger charge is -2.34. The van der Waals surface area contributed by atoms with E-state index in [9.17, 15) is 4.79 Å². The first-order chi connectivity index (χ1) is 10.7. The summed E-state index contributed by atoms with van der Waals surface area (Å²) in [6, 6.07) is 20.0. The number of cyclic esters (lactones) is 1. The highest BCUT2D eigenvalue weighted by Gasteiger charge is 2.27. The molecule has 0 bridgehead atoms. The van der Waals surface area contributed by atoms with Gasteiger partial charge in [-0.1, -0.05) is 67.2 Å². The Bertz CT molecular complexity index is 652. The highest BCUT2D eigenvalue weighted by atomic mass is 16.5. The van der Waals surface area contributed by atoms with E-state index in [0.29, 0.717) is 6.54 Å². The molecule has 2 aromatic carbocycles. The predicted molar refractivity (Wildman–Crippen MR) is 87.1 cm³/mol. The number of hydrogen-bond donors (Lipinski definition) is 0. The van der Waals surface area contributed by atoms with Gasteiger partial charge in [0.2, 0.25) is 0 Å². The molecular weight excluding hydrogens is 274 g/mol. The maximum Gasteiger partial charge on any atom is 0.325 e. The number of esters is 1. The SMILES string of the molecule is C=C(c1ccccc1)N1CC(=O)O[C@@H](Cc2ccccc2)C1. The van der Waals surface area contributed by atoms with Gasteiger partial charge in [-0.25, -0.2) is 0 Å². The van der Waals surface area contributed by atoms with Crippen molar-refractivity contribution >= 4 is 11.7 Å². The molecule has 112 valence electrons. The summed E-state index contributed by atoms with van der Waals surface area (Å²) >= 11 is 0. The second-order valence-electron chi connectivity index (χ2n) is 5.49. The van der Waals surface area contributed by atoms with Crippen LogP contribution in [0.3, 0.4) is 0 Å². The molecule has 1 atom stereocenters. The molecule has 0 N–H and O–H groups in total. The fraction of sp³-hybridized carbons (Fsp3) is 0.211. The molecule has 0 aromatic heterocycles. The van der Waals surface area contributed by atoms with Crippen LogP contribution >= 0.6 is 0 Å². The van der Waals surface area contributed by atoms with Gasteiger partial charge in [-0.2, -0.15) is 0 Å². The van der Waals surface area contributed by atoms with Gasteiger partial charge in [-0.3, -0.25) is 4.79 Å². The maximum absolute atomic E-state index is 11.9. The quantitative estimate of drug-likeness (QED) is 0.811. The summed E-state index contributed by atoms with van der Waals surface area (Å²) in [4.78, 5) is 13.9. The van der Waals surface area contributed by atoms with E-state index >= 15 is 0 Å². The van der Waals surface area contributed by atoms with Crippen molar-refractivity contribution in [2.24, 2.45) is 0 Å². The first-order valence-electron chi connectivity index (χ1n) is 7.45. The van der Waals surface area contributed by atoms with Gasteiger partial charge in [0, 0.05) is 12.1 Å². The molecule has 1 fully saturated rings. The van der Waals surface area contributed by atoms with Gasteiger partial charge in [0.05, 0.1) is 6.54 Å². The number of carbonyl (C=O) groups excluding carboxylic acids is 1. The fourth-order valence-electron chi connectivity index (χ4n) is 2.73. The topological polar surface area (TPSA) is 29.5 Å². The molecule has 1 aliphatic rings. The van der Waals surface area contributed by atoms with Crippen LogP contribution in [-0.4, -0.2) is 30.1 Å². The van der Waals surface area contributed by atoms with Gasteiger partial charge in [-0.15, -0.1) is 0 Å². The van der Waals surface area contributed by atoms with Crippen LogP contribution in [-0.2, 0) is 16.0 Å². The molecule has 0 unspecified atom stereocenters. The molecule has 1 heterocycles. The van der Waals surface area contributed by atoms with E-state index in [1.54, 1.807) is 0 Å². The minimum absolute atomic E-state index is 0.135. The molecule has 0 amide bonds. The van der Waals surface area contributed by atoms with Gasteiger partial charge in [0.1, 0.15) is 12.6 Å². The molecule has 1 saturated heterocycles. The lowest BCUT2D eigenvalue weighted by atomic mass is 10.1. The first-order valence-corrected chi connectivity index (χ1v) is 7.45. The number of nitrogens with zero attached hydrogens (tertiary/aromatic N) is 1. The zero-order valence-electron chi connectivity index (χ0n) is 12.4. The largest absolute Gasteiger partial charge is 0.459 e. The van der Waals surface area contributed by atoms with E-state index in [1.807, 2.05) is 53.4 Å². The Balaban J connectivity index is 1.71. The second kappa shape index (κ2) is 6.48. The van der Waals surface area contributed by atoms with Crippen molar-refractivity contribution in [2.75, 3.05) is 13.1 Å². The molecule has 0 saturated carbocycles. The third-order valence-corrected chi connectivity index (χ3v) is 3.84. The number of rotatable bonds is 4. The first kappa shape index (κ1) is 14.4. The average molecular weight is 293 g/mol. The van der Waals surface area contributed by atoms with Crippen molar-refractivity contribution in [2.45, 2.75) is 12.5 Å². The number of ether oxygens (including phenoxy) is 1. The Hall–Kier alpha value is -2.55. The van der Waals surface area contributed by atoms with Gasteiger partial charge >= 0.3 is 5.97 Å². The minimum atomic E-state index is -0.190. The third-order valence-electron chi connectivity index (χ3n) is 3.84. The highest BCUT2D eigenvalue weighted by Crippen LogP contribution is 2.21. The zero-order chi connectivity index (χ0) is 15.4. The van der Waals surface area contributed by atoms with Crippen molar-refractivity contribution in [1.29, 1.82) is 0 Å². The summed E-state index contributed by atoms with van der Waals surface area (Å²) in [6.07, 6.45) is 0.592. The molecule has 0 radical (unpaired) electrons. The molecule has 3 nitrogen and oxygen atoms in total. The van der Waals surface area contributed by atoms with Gasteiger partial charge in [0.15, 0.2) is 0 Å². The van der Waals surface area contributed by atoms with Gasteiger partial charge in [0.25, 0.3) is 0 Å². The van der Waals surface area contributed by atoms with E-state index in [1.165, 1.54) is 5.56 Å². The van der Waals surface area contributed by atoms with Crippen molar-refractivity contribution in [3.05, 3.63) is 78.4 Å². The van der Waals surface area contributed by atoms with Crippen molar-refractivity contribution in [1.82, 2.24) is 4.90 Å². The highest BCUT2D eigenvalue weighted by molar-refractivity contribution is 5.76. The molecule has 2 aromatic rings. The van der Waals surface area contributed by atoms with Crippen molar-refractivity contribution in [3.8, 4) is 0 Å². The van der Waals surface area contributed by atoms with E-state index in [0.717, 1.165) is 17.7 Å². The molecule has 22 heavy (non-hydrogen) atoms. The fourth-order valence-corrected chi connectivity index (χ4v) is 2.73. The minimum Gasteiger partial charge on any atom is -0.459 e. The summed E-state index contributed by atoms with van der Waals surface area (Å²) < 4.78 is 5.48. The molecule has 0 spiro atoms. The van der Waals surface area contributed by atoms with E-state index in [4.69, 9.17) is 4.74 Å². The van der Waals surface area contributed by atoms with E-state index < -0.39 is 0 Å². The standard InChI is InChI=1S/C19H19NO2/c1-15(17-10-6-3-7-11-17)20-13-18(22-19(21)14-20)12-16-8-4-2-5-9-16/h2-11,18H,1,12-14H2/t18-/m0/s1. The maximum atomic E-state index is 11.9. The Morgan fingerprint density at radius 1 is 1.09 bits per heavy atom. The van der Waals surface area contributed by atoms with Crippen LogP contribution in [0, 0.1) is 0 Å². The second-order valence-corrected chi connectivity index (χ2v) is 5.49. The Kier molecular flexibility index (Phi) is 4.24. The van der Waals surface area contributed by atoms with Gasteiger partial charge in [-0.05, 0) is 11.1 Å². The lowest BCUT2D eigenvalue weighted by molar-refractivity contribution is -0.156. The number of benzene rings is 2.